The zero-order valence-corrected chi connectivity index (χ0v) is 11.5. The average Bonchev–Trinajstić information content (AvgIpc) is 3.04. The maximum atomic E-state index is 5.66. The monoisotopic (exact) mass is 240 g/mol. The fraction of sp³-hybridized carbons (Fsp3) is 1.00. The fourth-order valence-electron chi connectivity index (χ4n) is 2.81. The van der Waals surface area contributed by atoms with E-state index in [0.717, 1.165) is 32.2 Å². The number of rotatable bonds is 8. The summed E-state index contributed by atoms with van der Waals surface area (Å²) in [5, 5.41) is 3.52. The Hall–Kier alpha value is -0.120. The summed E-state index contributed by atoms with van der Waals surface area (Å²) in [6, 6.07) is 0. The van der Waals surface area contributed by atoms with Gasteiger partial charge in [0.15, 0.2) is 0 Å². The second kappa shape index (κ2) is 6.17. The zero-order valence-electron chi connectivity index (χ0n) is 11.5. The van der Waals surface area contributed by atoms with E-state index in [1.807, 2.05) is 0 Å². The minimum Gasteiger partial charge on any atom is -0.381 e. The Balaban J connectivity index is 1.85. The lowest BCUT2D eigenvalue weighted by Gasteiger charge is -2.34. The van der Waals surface area contributed by atoms with E-state index in [1.54, 1.807) is 0 Å². The summed E-state index contributed by atoms with van der Waals surface area (Å²) < 4.78 is 5.66. The molecule has 0 amide bonds. The van der Waals surface area contributed by atoms with Gasteiger partial charge in [0, 0.05) is 31.7 Å². The van der Waals surface area contributed by atoms with Gasteiger partial charge in [-0.25, -0.2) is 0 Å². The van der Waals surface area contributed by atoms with Crippen molar-refractivity contribution in [2.75, 3.05) is 45.9 Å². The highest BCUT2D eigenvalue weighted by molar-refractivity contribution is 4.89. The normalized spacial score (nSPS) is 29.1. The molecule has 2 rings (SSSR count). The Labute approximate surface area is 106 Å². The lowest BCUT2D eigenvalue weighted by atomic mass is 9.86. The molecule has 3 nitrogen and oxygen atoms in total. The van der Waals surface area contributed by atoms with Gasteiger partial charge in [0.1, 0.15) is 0 Å². The van der Waals surface area contributed by atoms with Gasteiger partial charge in [-0.05, 0) is 38.3 Å². The van der Waals surface area contributed by atoms with Crippen molar-refractivity contribution in [3.63, 3.8) is 0 Å². The summed E-state index contributed by atoms with van der Waals surface area (Å²) in [5.41, 5.74) is 0.376. The van der Waals surface area contributed by atoms with Crippen LogP contribution in [0.15, 0.2) is 0 Å². The van der Waals surface area contributed by atoms with Crippen LogP contribution in [-0.4, -0.2) is 50.8 Å². The number of ether oxygens (including phenoxy) is 1. The summed E-state index contributed by atoms with van der Waals surface area (Å²) in [7, 11) is 0. The minimum absolute atomic E-state index is 0.376. The van der Waals surface area contributed by atoms with Crippen molar-refractivity contribution in [3.05, 3.63) is 0 Å². The van der Waals surface area contributed by atoms with Crippen molar-refractivity contribution < 1.29 is 4.74 Å². The molecule has 0 aromatic heterocycles. The van der Waals surface area contributed by atoms with Gasteiger partial charge in [0.25, 0.3) is 0 Å². The smallest absolute Gasteiger partial charge is 0.0547 e. The standard InChI is InChI=1S/C14H28N2O/c1-3-15-10-14(7-8-17-12-14)11-16(4-2)9-13-5-6-13/h13,15H,3-12H2,1-2H3. The molecule has 0 aromatic rings. The van der Waals surface area contributed by atoms with E-state index >= 15 is 0 Å². The molecule has 1 aliphatic carbocycles. The van der Waals surface area contributed by atoms with Crippen molar-refractivity contribution in [3.8, 4) is 0 Å². The number of hydrogen-bond donors (Lipinski definition) is 1. The first-order valence-corrected chi connectivity index (χ1v) is 7.29. The molecule has 2 aliphatic rings. The van der Waals surface area contributed by atoms with Crippen molar-refractivity contribution in [2.45, 2.75) is 33.1 Å². The molecule has 0 bridgehead atoms. The molecule has 100 valence electrons. The highest BCUT2D eigenvalue weighted by Gasteiger charge is 2.37. The van der Waals surface area contributed by atoms with E-state index in [2.05, 4.69) is 24.1 Å². The summed E-state index contributed by atoms with van der Waals surface area (Å²) in [6.45, 7) is 12.3. The Morgan fingerprint density at radius 3 is 2.71 bits per heavy atom. The van der Waals surface area contributed by atoms with E-state index in [9.17, 15) is 0 Å². The largest absolute Gasteiger partial charge is 0.381 e. The predicted molar refractivity (Wildman–Crippen MR) is 71.3 cm³/mol. The van der Waals surface area contributed by atoms with Crippen LogP contribution < -0.4 is 5.32 Å². The lowest BCUT2D eigenvalue weighted by molar-refractivity contribution is 0.109. The summed E-state index contributed by atoms with van der Waals surface area (Å²) in [6.07, 6.45) is 4.13. The molecule has 1 aliphatic heterocycles. The van der Waals surface area contributed by atoms with Crippen LogP contribution in [0.2, 0.25) is 0 Å². The second-order valence-corrected chi connectivity index (χ2v) is 5.85. The molecule has 0 aromatic carbocycles. The van der Waals surface area contributed by atoms with E-state index in [0.29, 0.717) is 5.41 Å². The van der Waals surface area contributed by atoms with Gasteiger partial charge in [0.2, 0.25) is 0 Å². The van der Waals surface area contributed by atoms with Crippen LogP contribution in [0.5, 0.6) is 0 Å². The topological polar surface area (TPSA) is 24.5 Å². The highest BCUT2D eigenvalue weighted by atomic mass is 16.5. The minimum atomic E-state index is 0.376. The molecule has 1 atom stereocenters. The SMILES string of the molecule is CCNCC1(CN(CC)CC2CC2)CCOC1. The maximum absolute atomic E-state index is 5.66. The van der Waals surface area contributed by atoms with Crippen molar-refractivity contribution in [2.24, 2.45) is 11.3 Å². The Bertz CT molecular complexity index is 222. The zero-order chi connectivity index (χ0) is 12.1. The van der Waals surface area contributed by atoms with Gasteiger partial charge in [0.05, 0.1) is 6.61 Å². The molecular weight excluding hydrogens is 212 g/mol. The van der Waals surface area contributed by atoms with Crippen molar-refractivity contribution >= 4 is 0 Å². The van der Waals surface area contributed by atoms with Crippen LogP contribution in [0.25, 0.3) is 0 Å². The van der Waals surface area contributed by atoms with Gasteiger partial charge in [-0.3, -0.25) is 0 Å². The van der Waals surface area contributed by atoms with Gasteiger partial charge in [-0.15, -0.1) is 0 Å². The van der Waals surface area contributed by atoms with Gasteiger partial charge in [-0.1, -0.05) is 13.8 Å². The Kier molecular flexibility index (Phi) is 4.83. The fourth-order valence-corrected chi connectivity index (χ4v) is 2.81. The molecule has 1 unspecified atom stereocenters. The molecule has 1 saturated heterocycles. The molecule has 0 radical (unpaired) electrons. The predicted octanol–water partition coefficient (Wildman–Crippen LogP) is 1.73. The summed E-state index contributed by atoms with van der Waals surface area (Å²) >= 11 is 0. The molecule has 1 heterocycles. The molecule has 3 heteroatoms. The summed E-state index contributed by atoms with van der Waals surface area (Å²) in [5.74, 6) is 0.994. The first-order chi connectivity index (χ1) is 8.28. The first kappa shape index (κ1) is 13.3. The van der Waals surface area contributed by atoms with E-state index in [1.165, 1.54) is 38.9 Å². The molecule has 1 saturated carbocycles. The summed E-state index contributed by atoms with van der Waals surface area (Å²) in [4.78, 5) is 2.64. The Morgan fingerprint density at radius 2 is 2.18 bits per heavy atom. The highest BCUT2D eigenvalue weighted by Crippen LogP contribution is 2.33. The maximum Gasteiger partial charge on any atom is 0.0547 e. The van der Waals surface area contributed by atoms with Crippen LogP contribution in [0, 0.1) is 11.3 Å². The molecular formula is C14H28N2O. The molecule has 0 spiro atoms. The van der Waals surface area contributed by atoms with Crippen molar-refractivity contribution in [1.82, 2.24) is 10.2 Å². The van der Waals surface area contributed by atoms with E-state index in [-0.39, 0.29) is 0 Å². The number of hydrogen-bond acceptors (Lipinski definition) is 3. The molecule has 1 N–H and O–H groups in total. The van der Waals surface area contributed by atoms with Crippen LogP contribution in [0.3, 0.4) is 0 Å². The van der Waals surface area contributed by atoms with Gasteiger partial charge < -0.3 is 15.0 Å². The quantitative estimate of drug-likeness (QED) is 0.699. The first-order valence-electron chi connectivity index (χ1n) is 7.29. The van der Waals surface area contributed by atoms with Crippen LogP contribution in [0.4, 0.5) is 0 Å². The van der Waals surface area contributed by atoms with E-state index < -0.39 is 0 Å². The van der Waals surface area contributed by atoms with Gasteiger partial charge in [-0.2, -0.15) is 0 Å². The van der Waals surface area contributed by atoms with Crippen LogP contribution in [0.1, 0.15) is 33.1 Å². The van der Waals surface area contributed by atoms with Crippen molar-refractivity contribution in [1.29, 1.82) is 0 Å². The van der Waals surface area contributed by atoms with Gasteiger partial charge >= 0.3 is 0 Å². The van der Waals surface area contributed by atoms with E-state index in [4.69, 9.17) is 4.74 Å². The lowest BCUT2D eigenvalue weighted by Crippen LogP contribution is -2.45. The third-order valence-electron chi connectivity index (χ3n) is 4.15. The Morgan fingerprint density at radius 1 is 1.35 bits per heavy atom. The molecule has 2 fully saturated rings. The number of nitrogens with one attached hydrogen (secondary N) is 1. The van der Waals surface area contributed by atoms with Crippen LogP contribution >= 0.6 is 0 Å². The number of nitrogens with zero attached hydrogens (tertiary/aromatic N) is 1. The van der Waals surface area contributed by atoms with Crippen LogP contribution in [-0.2, 0) is 4.74 Å². The third-order valence-corrected chi connectivity index (χ3v) is 4.15. The third kappa shape index (κ3) is 3.94. The molecule has 17 heavy (non-hydrogen) atoms. The second-order valence-electron chi connectivity index (χ2n) is 5.85. The average molecular weight is 240 g/mol.